The Bertz CT molecular complexity index is 455. The van der Waals surface area contributed by atoms with E-state index in [9.17, 15) is 0 Å². The highest BCUT2D eigenvalue weighted by Gasteiger charge is 2.48. The van der Waals surface area contributed by atoms with Gasteiger partial charge in [0.25, 0.3) is 0 Å². The van der Waals surface area contributed by atoms with Gasteiger partial charge in [0.15, 0.2) is 0 Å². The summed E-state index contributed by atoms with van der Waals surface area (Å²) in [5, 5.41) is 0.206. The van der Waals surface area contributed by atoms with E-state index in [1.54, 1.807) is 0 Å². The average molecular weight is 265 g/mol. The number of alkyl halides is 1. The quantitative estimate of drug-likeness (QED) is 0.655. The number of rotatable bonds is 2. The van der Waals surface area contributed by atoms with E-state index in [1.807, 2.05) is 0 Å². The molecule has 1 aromatic rings. The van der Waals surface area contributed by atoms with Crippen molar-refractivity contribution in [3.8, 4) is 0 Å². The Morgan fingerprint density at radius 1 is 1.11 bits per heavy atom. The van der Waals surface area contributed by atoms with Crippen LogP contribution >= 0.6 is 11.6 Å². The molecule has 0 heterocycles. The Morgan fingerprint density at radius 3 is 2.22 bits per heavy atom. The molecule has 1 aromatic carbocycles. The van der Waals surface area contributed by atoms with Crippen LogP contribution in [0.5, 0.6) is 0 Å². The first-order valence-corrected chi connectivity index (χ1v) is 7.39. The minimum absolute atomic E-state index is 0.206. The van der Waals surface area contributed by atoms with Crippen LogP contribution in [0.4, 0.5) is 0 Å². The van der Waals surface area contributed by atoms with Gasteiger partial charge < -0.3 is 0 Å². The maximum Gasteiger partial charge on any atom is 0.0348 e. The molecule has 0 spiro atoms. The third kappa shape index (κ3) is 1.99. The predicted molar refractivity (Wildman–Crippen MR) is 80.7 cm³/mol. The maximum atomic E-state index is 6.12. The molecule has 0 amide bonds. The van der Waals surface area contributed by atoms with E-state index < -0.39 is 0 Å². The molecular weight excluding hydrogens is 240 g/mol. The van der Waals surface area contributed by atoms with Crippen molar-refractivity contribution in [2.24, 2.45) is 5.92 Å². The molecule has 0 saturated heterocycles. The van der Waals surface area contributed by atoms with Gasteiger partial charge in [-0.25, -0.2) is 0 Å². The standard InChI is InChI=1S/C17H25Cl/c1-11(18)9-13-7-8-14-15(10-13)17(5,6)12(2)16(14,3)4/h7-8,10-12H,9H2,1-6H3. The highest BCUT2D eigenvalue weighted by atomic mass is 35.5. The molecular formula is C17H25Cl. The Hall–Kier alpha value is -0.490. The second-order valence-electron chi connectivity index (χ2n) is 7.03. The van der Waals surface area contributed by atoms with Gasteiger partial charge >= 0.3 is 0 Å². The number of benzene rings is 1. The van der Waals surface area contributed by atoms with Gasteiger partial charge in [-0.05, 0) is 46.8 Å². The van der Waals surface area contributed by atoms with Crippen molar-refractivity contribution in [2.75, 3.05) is 0 Å². The first-order valence-electron chi connectivity index (χ1n) is 6.95. The molecule has 0 aliphatic heterocycles. The van der Waals surface area contributed by atoms with Crippen LogP contribution in [-0.2, 0) is 17.3 Å². The van der Waals surface area contributed by atoms with Crippen LogP contribution < -0.4 is 0 Å². The molecule has 2 atom stereocenters. The molecule has 0 N–H and O–H groups in total. The first kappa shape index (κ1) is 13.9. The number of hydrogen-bond donors (Lipinski definition) is 0. The number of fused-ring (bicyclic) bond motifs is 1. The lowest BCUT2D eigenvalue weighted by Gasteiger charge is -2.32. The fourth-order valence-corrected chi connectivity index (χ4v) is 3.68. The van der Waals surface area contributed by atoms with E-state index in [0.717, 1.165) is 6.42 Å². The minimum Gasteiger partial charge on any atom is -0.123 e. The van der Waals surface area contributed by atoms with Gasteiger partial charge in [0.05, 0.1) is 0 Å². The molecule has 0 bridgehead atoms. The molecule has 2 rings (SSSR count). The Balaban J connectivity index is 2.51. The predicted octanol–water partition coefficient (Wildman–Crippen LogP) is 5.06. The fraction of sp³-hybridized carbons (Fsp3) is 0.647. The lowest BCUT2D eigenvalue weighted by atomic mass is 9.71. The van der Waals surface area contributed by atoms with Gasteiger partial charge in [0, 0.05) is 5.38 Å². The summed E-state index contributed by atoms with van der Waals surface area (Å²) >= 11 is 6.12. The summed E-state index contributed by atoms with van der Waals surface area (Å²) in [5.74, 6) is 0.656. The van der Waals surface area contributed by atoms with Crippen molar-refractivity contribution in [1.29, 1.82) is 0 Å². The van der Waals surface area contributed by atoms with E-state index >= 15 is 0 Å². The molecule has 0 nitrogen and oxygen atoms in total. The summed E-state index contributed by atoms with van der Waals surface area (Å²) < 4.78 is 0. The van der Waals surface area contributed by atoms with Crippen molar-refractivity contribution in [3.63, 3.8) is 0 Å². The molecule has 2 unspecified atom stereocenters. The van der Waals surface area contributed by atoms with Crippen LogP contribution in [0, 0.1) is 5.92 Å². The monoisotopic (exact) mass is 264 g/mol. The number of hydrogen-bond acceptors (Lipinski definition) is 0. The molecule has 0 radical (unpaired) electrons. The van der Waals surface area contributed by atoms with Gasteiger partial charge in [0.2, 0.25) is 0 Å². The SMILES string of the molecule is CC(Cl)Cc1ccc2c(c1)C(C)(C)C(C)C2(C)C. The van der Waals surface area contributed by atoms with Gasteiger partial charge in [-0.3, -0.25) is 0 Å². The molecule has 1 aliphatic rings. The third-order valence-electron chi connectivity index (χ3n) is 5.15. The highest BCUT2D eigenvalue weighted by Crippen LogP contribution is 2.53. The average Bonchev–Trinajstić information content (AvgIpc) is 2.38. The third-order valence-corrected chi connectivity index (χ3v) is 5.31. The van der Waals surface area contributed by atoms with Crippen molar-refractivity contribution >= 4 is 11.6 Å². The summed E-state index contributed by atoms with van der Waals surface area (Å²) in [6, 6.07) is 6.97. The molecule has 1 heteroatoms. The van der Waals surface area contributed by atoms with E-state index in [-0.39, 0.29) is 16.2 Å². The van der Waals surface area contributed by atoms with Gasteiger partial charge in [0.1, 0.15) is 0 Å². The van der Waals surface area contributed by atoms with Gasteiger partial charge in [-0.2, -0.15) is 0 Å². The fourth-order valence-electron chi connectivity index (χ4n) is 3.51. The Labute approximate surface area is 117 Å². The summed E-state index contributed by atoms with van der Waals surface area (Å²) in [6.45, 7) is 13.9. The van der Waals surface area contributed by atoms with Crippen LogP contribution in [0.2, 0.25) is 0 Å². The topological polar surface area (TPSA) is 0 Å². The summed E-state index contributed by atoms with van der Waals surface area (Å²) in [4.78, 5) is 0. The second kappa shape index (κ2) is 4.27. The van der Waals surface area contributed by atoms with Crippen LogP contribution in [0.25, 0.3) is 0 Å². The Kier molecular flexibility index (Phi) is 3.30. The van der Waals surface area contributed by atoms with E-state index in [2.05, 4.69) is 59.7 Å². The van der Waals surface area contributed by atoms with Crippen LogP contribution in [0.15, 0.2) is 18.2 Å². The van der Waals surface area contributed by atoms with Crippen LogP contribution in [0.1, 0.15) is 58.2 Å². The maximum absolute atomic E-state index is 6.12. The Morgan fingerprint density at radius 2 is 1.67 bits per heavy atom. The molecule has 18 heavy (non-hydrogen) atoms. The molecule has 1 aliphatic carbocycles. The summed E-state index contributed by atoms with van der Waals surface area (Å²) in [5.41, 5.74) is 4.93. The van der Waals surface area contributed by atoms with Crippen LogP contribution in [0.3, 0.4) is 0 Å². The highest BCUT2D eigenvalue weighted by molar-refractivity contribution is 6.20. The zero-order chi connectivity index (χ0) is 13.7. The smallest absolute Gasteiger partial charge is 0.0348 e. The normalized spacial score (nSPS) is 25.8. The lowest BCUT2D eigenvalue weighted by molar-refractivity contribution is 0.264. The molecule has 0 saturated carbocycles. The van der Waals surface area contributed by atoms with Crippen LogP contribution in [-0.4, -0.2) is 5.38 Å². The number of halogens is 1. The van der Waals surface area contributed by atoms with E-state index in [0.29, 0.717) is 5.92 Å². The minimum atomic E-state index is 0.206. The molecule has 0 fully saturated rings. The zero-order valence-corrected chi connectivity index (χ0v) is 13.2. The second-order valence-corrected chi connectivity index (χ2v) is 7.77. The molecule has 100 valence electrons. The van der Waals surface area contributed by atoms with E-state index in [1.165, 1.54) is 16.7 Å². The van der Waals surface area contributed by atoms with Crippen molar-refractivity contribution in [1.82, 2.24) is 0 Å². The summed E-state index contributed by atoms with van der Waals surface area (Å²) in [6.07, 6.45) is 0.958. The van der Waals surface area contributed by atoms with Crippen molar-refractivity contribution in [3.05, 3.63) is 34.9 Å². The van der Waals surface area contributed by atoms with Gasteiger partial charge in [-0.1, -0.05) is 52.8 Å². The van der Waals surface area contributed by atoms with Crippen molar-refractivity contribution in [2.45, 2.75) is 64.2 Å². The summed E-state index contributed by atoms with van der Waals surface area (Å²) in [7, 11) is 0. The largest absolute Gasteiger partial charge is 0.123 e. The first-order chi connectivity index (χ1) is 8.17. The molecule has 0 aromatic heterocycles. The van der Waals surface area contributed by atoms with E-state index in [4.69, 9.17) is 11.6 Å². The van der Waals surface area contributed by atoms with Gasteiger partial charge in [-0.15, -0.1) is 11.6 Å². The zero-order valence-electron chi connectivity index (χ0n) is 12.5. The lowest BCUT2D eigenvalue weighted by Crippen LogP contribution is -2.30. The van der Waals surface area contributed by atoms with Crippen molar-refractivity contribution < 1.29 is 0 Å².